The molecule has 3 aromatic carbocycles. The molecule has 0 spiro atoms. The third-order valence-electron chi connectivity index (χ3n) is 4.34. The van der Waals surface area contributed by atoms with Gasteiger partial charge in [-0.05, 0) is 29.3 Å². The average Bonchev–Trinajstić information content (AvgIpc) is 2.69. The summed E-state index contributed by atoms with van der Waals surface area (Å²) in [6.07, 6.45) is 0. The van der Waals surface area contributed by atoms with Crippen molar-refractivity contribution >= 4 is 16.7 Å². The maximum atomic E-state index is 4.89. The number of hydrogen-bond donors (Lipinski definition) is 0. The minimum Gasteiger partial charge on any atom is -0.348 e. The molecule has 2 nitrogen and oxygen atoms in total. The van der Waals surface area contributed by atoms with Crippen molar-refractivity contribution in [3.8, 4) is 0 Å². The molecule has 0 aliphatic carbocycles. The first kappa shape index (κ1) is 15.4. The highest BCUT2D eigenvalue weighted by Crippen LogP contribution is 2.21. The molecule has 1 heterocycles. The minimum absolute atomic E-state index is 0.834. The first-order chi connectivity index (χ1) is 12.4. The number of aromatic nitrogens is 1. The second-order valence-corrected chi connectivity index (χ2v) is 6.19. The van der Waals surface area contributed by atoms with Gasteiger partial charge >= 0.3 is 0 Å². The van der Waals surface area contributed by atoms with E-state index in [1.54, 1.807) is 0 Å². The van der Waals surface area contributed by atoms with Gasteiger partial charge in [0.15, 0.2) is 0 Å². The van der Waals surface area contributed by atoms with Gasteiger partial charge in [-0.3, -0.25) is 0 Å². The van der Waals surface area contributed by atoms with Crippen molar-refractivity contribution < 1.29 is 0 Å². The molecule has 2 heteroatoms. The van der Waals surface area contributed by atoms with Crippen LogP contribution in [0.2, 0.25) is 0 Å². The summed E-state index contributed by atoms with van der Waals surface area (Å²) in [5, 5.41) is 1.17. The van der Waals surface area contributed by atoms with Crippen molar-refractivity contribution in [2.45, 2.75) is 13.1 Å². The number of fused-ring (bicyclic) bond motifs is 1. The fraction of sp³-hybridized carbons (Fsp3) is 0.0870. The summed E-state index contributed by atoms with van der Waals surface area (Å²) < 4.78 is 0. The molecule has 122 valence electrons. The molecule has 0 saturated heterocycles. The largest absolute Gasteiger partial charge is 0.348 e. The molecule has 0 aliphatic rings. The molecule has 0 N–H and O–H groups in total. The van der Waals surface area contributed by atoms with Crippen LogP contribution in [0.15, 0.2) is 97.1 Å². The van der Waals surface area contributed by atoms with Crippen molar-refractivity contribution in [2.24, 2.45) is 0 Å². The summed E-state index contributed by atoms with van der Waals surface area (Å²) in [5.41, 5.74) is 3.60. The molecule has 0 radical (unpaired) electrons. The van der Waals surface area contributed by atoms with Gasteiger partial charge in [0.25, 0.3) is 0 Å². The van der Waals surface area contributed by atoms with Crippen LogP contribution in [0.3, 0.4) is 0 Å². The molecule has 4 rings (SSSR count). The van der Waals surface area contributed by atoms with Crippen LogP contribution in [0.1, 0.15) is 11.1 Å². The standard InChI is InChI=1S/C23H20N2/c1-3-9-19(10-4-1)17-25(18-20-11-5-2-6-12-20)23-16-15-21-13-7-8-14-22(21)24-23/h1-16H,17-18H2. The van der Waals surface area contributed by atoms with Crippen LogP contribution in [0.4, 0.5) is 5.82 Å². The number of para-hydroxylation sites is 1. The molecule has 4 aromatic rings. The normalized spacial score (nSPS) is 10.7. The second-order valence-electron chi connectivity index (χ2n) is 6.19. The van der Waals surface area contributed by atoms with Crippen molar-refractivity contribution in [2.75, 3.05) is 4.90 Å². The van der Waals surface area contributed by atoms with Gasteiger partial charge in [-0.25, -0.2) is 4.98 Å². The average molecular weight is 324 g/mol. The predicted molar refractivity (Wildman–Crippen MR) is 105 cm³/mol. The summed E-state index contributed by atoms with van der Waals surface area (Å²) >= 11 is 0. The van der Waals surface area contributed by atoms with Crippen LogP contribution in [-0.2, 0) is 13.1 Å². The van der Waals surface area contributed by atoms with Crippen LogP contribution in [0, 0.1) is 0 Å². The van der Waals surface area contributed by atoms with E-state index in [2.05, 4.69) is 95.9 Å². The van der Waals surface area contributed by atoms with Crippen LogP contribution in [-0.4, -0.2) is 4.98 Å². The molecule has 0 atom stereocenters. The molecular formula is C23H20N2. The van der Waals surface area contributed by atoms with Crippen LogP contribution >= 0.6 is 0 Å². The topological polar surface area (TPSA) is 16.1 Å². The zero-order chi connectivity index (χ0) is 16.9. The molecule has 0 aliphatic heterocycles. The fourth-order valence-corrected chi connectivity index (χ4v) is 3.06. The SMILES string of the molecule is c1ccc(CN(Cc2ccccc2)c2ccc3ccccc3n2)cc1. The molecule has 0 bridgehead atoms. The molecule has 0 saturated carbocycles. The maximum Gasteiger partial charge on any atom is 0.129 e. The van der Waals surface area contributed by atoms with Gasteiger partial charge < -0.3 is 4.90 Å². The van der Waals surface area contributed by atoms with Crippen molar-refractivity contribution in [1.82, 2.24) is 4.98 Å². The van der Waals surface area contributed by atoms with E-state index in [-0.39, 0.29) is 0 Å². The Bertz CT molecular complexity index is 908. The summed E-state index contributed by atoms with van der Waals surface area (Å²) in [4.78, 5) is 7.22. The number of anilines is 1. The van der Waals surface area contributed by atoms with Crippen molar-refractivity contribution in [1.29, 1.82) is 0 Å². The maximum absolute atomic E-state index is 4.89. The summed E-state index contributed by atoms with van der Waals surface area (Å²) in [5.74, 6) is 1.01. The van der Waals surface area contributed by atoms with Gasteiger partial charge in [-0.1, -0.05) is 78.9 Å². The number of hydrogen-bond acceptors (Lipinski definition) is 2. The zero-order valence-electron chi connectivity index (χ0n) is 14.0. The Labute approximate surface area is 148 Å². The van der Waals surface area contributed by atoms with E-state index in [1.807, 2.05) is 6.07 Å². The summed E-state index contributed by atoms with van der Waals surface area (Å²) in [6.45, 7) is 1.67. The molecule has 0 unspecified atom stereocenters. The Morgan fingerprint density at radius 1 is 0.560 bits per heavy atom. The monoisotopic (exact) mass is 324 g/mol. The predicted octanol–water partition coefficient (Wildman–Crippen LogP) is 5.44. The molecule has 0 fully saturated rings. The first-order valence-corrected chi connectivity index (χ1v) is 8.57. The Hall–Kier alpha value is -3.13. The number of nitrogens with zero attached hydrogens (tertiary/aromatic N) is 2. The fourth-order valence-electron chi connectivity index (χ4n) is 3.06. The van der Waals surface area contributed by atoms with E-state index in [4.69, 9.17) is 4.98 Å². The lowest BCUT2D eigenvalue weighted by atomic mass is 10.1. The van der Waals surface area contributed by atoms with Gasteiger partial charge in [-0.15, -0.1) is 0 Å². The highest BCUT2D eigenvalue weighted by molar-refractivity contribution is 5.80. The summed E-state index contributed by atoms with van der Waals surface area (Å²) in [6, 6.07) is 33.7. The van der Waals surface area contributed by atoms with Crippen LogP contribution in [0.25, 0.3) is 10.9 Å². The second kappa shape index (κ2) is 7.18. The third-order valence-corrected chi connectivity index (χ3v) is 4.34. The van der Waals surface area contributed by atoms with E-state index in [0.717, 1.165) is 24.4 Å². The van der Waals surface area contributed by atoms with Gasteiger partial charge in [0, 0.05) is 18.5 Å². The van der Waals surface area contributed by atoms with Crippen LogP contribution < -0.4 is 4.90 Å². The molecule has 25 heavy (non-hydrogen) atoms. The van der Waals surface area contributed by atoms with Crippen molar-refractivity contribution in [3.63, 3.8) is 0 Å². The van der Waals surface area contributed by atoms with E-state index in [1.165, 1.54) is 16.5 Å². The molecule has 1 aromatic heterocycles. The Kier molecular flexibility index (Phi) is 4.42. The van der Waals surface area contributed by atoms with Gasteiger partial charge in [0.1, 0.15) is 5.82 Å². The zero-order valence-corrected chi connectivity index (χ0v) is 14.0. The van der Waals surface area contributed by atoms with E-state index in [9.17, 15) is 0 Å². The highest BCUT2D eigenvalue weighted by Gasteiger charge is 2.10. The highest BCUT2D eigenvalue weighted by atomic mass is 15.2. The lowest BCUT2D eigenvalue weighted by Crippen LogP contribution is -2.23. The Balaban J connectivity index is 1.69. The Morgan fingerprint density at radius 3 is 1.76 bits per heavy atom. The number of benzene rings is 3. The quantitative estimate of drug-likeness (QED) is 0.486. The lowest BCUT2D eigenvalue weighted by molar-refractivity contribution is 0.786. The van der Waals surface area contributed by atoms with Gasteiger partial charge in [-0.2, -0.15) is 0 Å². The molecular weight excluding hydrogens is 304 g/mol. The van der Waals surface area contributed by atoms with Gasteiger partial charge in [0.05, 0.1) is 5.52 Å². The van der Waals surface area contributed by atoms with E-state index >= 15 is 0 Å². The van der Waals surface area contributed by atoms with E-state index in [0.29, 0.717) is 0 Å². The van der Waals surface area contributed by atoms with E-state index < -0.39 is 0 Å². The number of rotatable bonds is 5. The lowest BCUT2D eigenvalue weighted by Gasteiger charge is -2.24. The number of pyridine rings is 1. The smallest absolute Gasteiger partial charge is 0.129 e. The van der Waals surface area contributed by atoms with Gasteiger partial charge in [0.2, 0.25) is 0 Å². The van der Waals surface area contributed by atoms with Crippen molar-refractivity contribution in [3.05, 3.63) is 108 Å². The minimum atomic E-state index is 0.834. The molecule has 0 amide bonds. The third kappa shape index (κ3) is 3.69. The first-order valence-electron chi connectivity index (χ1n) is 8.57. The Morgan fingerprint density at radius 2 is 1.12 bits per heavy atom. The summed E-state index contributed by atoms with van der Waals surface area (Å²) in [7, 11) is 0. The van der Waals surface area contributed by atoms with Crippen LogP contribution in [0.5, 0.6) is 0 Å².